The first-order chi connectivity index (χ1) is 6.34. The zero-order valence-electron chi connectivity index (χ0n) is 6.36. The predicted molar refractivity (Wildman–Crippen MR) is 48.6 cm³/mol. The summed E-state index contributed by atoms with van der Waals surface area (Å²) in [6.45, 7) is 0.486. The van der Waals surface area contributed by atoms with E-state index in [9.17, 15) is 0 Å². The van der Waals surface area contributed by atoms with Crippen LogP contribution in [0.3, 0.4) is 0 Å². The molecular weight excluding hydrogens is 212 g/mol. The lowest BCUT2D eigenvalue weighted by Crippen LogP contribution is -2.00. The van der Waals surface area contributed by atoms with Gasteiger partial charge < -0.3 is 5.32 Å². The van der Waals surface area contributed by atoms with E-state index in [0.29, 0.717) is 17.5 Å². The van der Waals surface area contributed by atoms with Crippen molar-refractivity contribution in [3.63, 3.8) is 0 Å². The minimum atomic E-state index is 0.486. The maximum Gasteiger partial charge on any atom is 0.193 e. The molecule has 8 heteroatoms. The minimum Gasteiger partial charge on any atom is -0.354 e. The fraction of sp³-hybridized carbons (Fsp3) is 0.200. The number of anilines is 1. The highest BCUT2D eigenvalue weighted by molar-refractivity contribution is 7.14. The van der Waals surface area contributed by atoms with Gasteiger partial charge in [-0.05, 0) is 0 Å². The third-order valence-corrected chi connectivity index (χ3v) is 2.39. The SMILES string of the molecule is Clc1csc(NCc2nn[nH]n2)n1. The lowest BCUT2D eigenvalue weighted by molar-refractivity contribution is 0.881. The highest BCUT2D eigenvalue weighted by Gasteiger charge is 2.01. The molecule has 13 heavy (non-hydrogen) atoms. The zero-order valence-corrected chi connectivity index (χ0v) is 7.93. The molecule has 0 radical (unpaired) electrons. The maximum atomic E-state index is 5.63. The number of aromatic amines is 1. The van der Waals surface area contributed by atoms with Gasteiger partial charge in [0.2, 0.25) is 0 Å². The Labute approximate surface area is 82.3 Å². The monoisotopic (exact) mass is 216 g/mol. The zero-order chi connectivity index (χ0) is 9.10. The van der Waals surface area contributed by atoms with Crippen LogP contribution in [0.15, 0.2) is 5.38 Å². The number of nitrogens with zero attached hydrogens (tertiary/aromatic N) is 4. The first-order valence-electron chi connectivity index (χ1n) is 3.42. The molecule has 6 nitrogen and oxygen atoms in total. The highest BCUT2D eigenvalue weighted by Crippen LogP contribution is 2.18. The van der Waals surface area contributed by atoms with E-state index < -0.39 is 0 Å². The number of hydrogen-bond acceptors (Lipinski definition) is 6. The van der Waals surface area contributed by atoms with Crippen LogP contribution in [0.4, 0.5) is 5.13 Å². The van der Waals surface area contributed by atoms with Crippen LogP contribution in [0.1, 0.15) is 5.82 Å². The van der Waals surface area contributed by atoms with Crippen LogP contribution in [0.5, 0.6) is 0 Å². The number of aromatic nitrogens is 5. The van der Waals surface area contributed by atoms with Gasteiger partial charge in [0.25, 0.3) is 0 Å². The van der Waals surface area contributed by atoms with Crippen LogP contribution in [0.2, 0.25) is 5.15 Å². The number of tetrazole rings is 1. The molecule has 0 aliphatic heterocycles. The highest BCUT2D eigenvalue weighted by atomic mass is 35.5. The largest absolute Gasteiger partial charge is 0.354 e. The molecule has 0 aliphatic carbocycles. The van der Waals surface area contributed by atoms with Crippen molar-refractivity contribution in [3.8, 4) is 0 Å². The van der Waals surface area contributed by atoms with Gasteiger partial charge in [-0.3, -0.25) is 0 Å². The van der Waals surface area contributed by atoms with Crippen LogP contribution in [0, 0.1) is 0 Å². The number of halogens is 1. The molecule has 0 bridgehead atoms. The fourth-order valence-corrected chi connectivity index (χ4v) is 1.58. The Bertz CT molecular complexity index is 370. The first-order valence-corrected chi connectivity index (χ1v) is 4.67. The Kier molecular flexibility index (Phi) is 2.37. The van der Waals surface area contributed by atoms with Gasteiger partial charge in [0.1, 0.15) is 5.15 Å². The Balaban J connectivity index is 1.93. The number of rotatable bonds is 3. The van der Waals surface area contributed by atoms with Crippen LogP contribution in [-0.4, -0.2) is 25.6 Å². The Morgan fingerprint density at radius 1 is 1.62 bits per heavy atom. The standard InChI is InChI=1S/C5H5ClN6S/c6-3-2-13-5(8-3)7-1-4-9-11-12-10-4/h2H,1H2,(H,7,8)(H,9,10,11,12). The molecule has 0 spiro atoms. The Hall–Kier alpha value is -1.21. The molecule has 2 aromatic heterocycles. The third kappa shape index (κ3) is 2.13. The summed E-state index contributed by atoms with van der Waals surface area (Å²) in [6, 6.07) is 0. The summed E-state index contributed by atoms with van der Waals surface area (Å²) in [5.74, 6) is 0.589. The van der Waals surface area contributed by atoms with Crippen molar-refractivity contribution in [1.29, 1.82) is 0 Å². The van der Waals surface area contributed by atoms with E-state index in [4.69, 9.17) is 11.6 Å². The van der Waals surface area contributed by atoms with Gasteiger partial charge in [-0.15, -0.1) is 21.5 Å². The molecule has 2 heterocycles. The van der Waals surface area contributed by atoms with Crippen molar-refractivity contribution < 1.29 is 0 Å². The van der Waals surface area contributed by atoms with E-state index in [2.05, 4.69) is 30.9 Å². The third-order valence-electron chi connectivity index (χ3n) is 1.26. The topological polar surface area (TPSA) is 79.4 Å². The molecule has 0 amide bonds. The van der Waals surface area contributed by atoms with Crippen molar-refractivity contribution in [2.75, 3.05) is 5.32 Å². The van der Waals surface area contributed by atoms with Crippen LogP contribution in [-0.2, 0) is 6.54 Å². The van der Waals surface area contributed by atoms with Crippen molar-refractivity contribution in [3.05, 3.63) is 16.4 Å². The van der Waals surface area contributed by atoms with E-state index in [0.717, 1.165) is 5.13 Å². The molecule has 68 valence electrons. The molecule has 0 aliphatic rings. The molecule has 0 saturated heterocycles. The van der Waals surface area contributed by atoms with Gasteiger partial charge >= 0.3 is 0 Å². The number of H-pyrrole nitrogens is 1. The second kappa shape index (κ2) is 3.67. The lowest BCUT2D eigenvalue weighted by Gasteiger charge is -1.95. The molecule has 0 aromatic carbocycles. The second-order valence-corrected chi connectivity index (χ2v) is 3.40. The van der Waals surface area contributed by atoms with Gasteiger partial charge in [0.15, 0.2) is 11.0 Å². The summed E-state index contributed by atoms with van der Waals surface area (Å²) in [5, 5.41) is 19.3. The normalized spacial score (nSPS) is 10.2. The van der Waals surface area contributed by atoms with E-state index in [1.54, 1.807) is 5.38 Å². The van der Waals surface area contributed by atoms with Crippen LogP contribution >= 0.6 is 22.9 Å². The van der Waals surface area contributed by atoms with Crippen LogP contribution in [0.25, 0.3) is 0 Å². The lowest BCUT2D eigenvalue weighted by atomic mass is 10.6. The van der Waals surface area contributed by atoms with Crippen molar-refractivity contribution in [2.45, 2.75) is 6.54 Å². The van der Waals surface area contributed by atoms with Crippen molar-refractivity contribution in [1.82, 2.24) is 25.6 Å². The molecule has 2 N–H and O–H groups in total. The average molecular weight is 217 g/mol. The summed E-state index contributed by atoms with van der Waals surface area (Å²) in [7, 11) is 0. The smallest absolute Gasteiger partial charge is 0.193 e. The molecule has 0 unspecified atom stereocenters. The van der Waals surface area contributed by atoms with Gasteiger partial charge in [0, 0.05) is 5.38 Å². The molecule has 2 aromatic rings. The summed E-state index contributed by atoms with van der Waals surface area (Å²) in [4.78, 5) is 4.00. The van der Waals surface area contributed by atoms with Crippen molar-refractivity contribution in [2.24, 2.45) is 0 Å². The predicted octanol–water partition coefficient (Wildman–Crippen LogP) is 0.922. The number of thiazole rings is 1. The van der Waals surface area contributed by atoms with E-state index in [1.807, 2.05) is 0 Å². The van der Waals surface area contributed by atoms with Crippen LogP contribution < -0.4 is 5.32 Å². The molecule has 0 atom stereocenters. The van der Waals surface area contributed by atoms with Gasteiger partial charge in [0.05, 0.1) is 6.54 Å². The molecule has 0 fully saturated rings. The Morgan fingerprint density at radius 3 is 3.15 bits per heavy atom. The summed E-state index contributed by atoms with van der Waals surface area (Å²) < 4.78 is 0. The van der Waals surface area contributed by atoms with Gasteiger partial charge in [-0.1, -0.05) is 16.8 Å². The quantitative estimate of drug-likeness (QED) is 0.798. The number of hydrogen-bond donors (Lipinski definition) is 2. The average Bonchev–Trinajstić information content (AvgIpc) is 2.71. The molecule has 0 saturated carbocycles. The first kappa shape index (κ1) is 8.39. The van der Waals surface area contributed by atoms with E-state index >= 15 is 0 Å². The van der Waals surface area contributed by atoms with Gasteiger partial charge in [-0.2, -0.15) is 5.21 Å². The second-order valence-electron chi connectivity index (χ2n) is 2.16. The Morgan fingerprint density at radius 2 is 2.54 bits per heavy atom. The summed E-state index contributed by atoms with van der Waals surface area (Å²) in [5.41, 5.74) is 0. The van der Waals surface area contributed by atoms with Crippen molar-refractivity contribution >= 4 is 28.1 Å². The summed E-state index contributed by atoms with van der Waals surface area (Å²) in [6.07, 6.45) is 0. The maximum absolute atomic E-state index is 5.63. The van der Waals surface area contributed by atoms with E-state index in [1.165, 1.54) is 11.3 Å². The van der Waals surface area contributed by atoms with Gasteiger partial charge in [-0.25, -0.2) is 4.98 Å². The van der Waals surface area contributed by atoms with E-state index in [-0.39, 0.29) is 0 Å². The molecular formula is C5H5ClN6S. The summed E-state index contributed by atoms with van der Waals surface area (Å²) >= 11 is 7.06. The minimum absolute atomic E-state index is 0.486. The number of nitrogens with one attached hydrogen (secondary N) is 2. The fourth-order valence-electron chi connectivity index (χ4n) is 0.747. The molecule has 2 rings (SSSR count).